The number of carbonyl (C=O) groups excluding carboxylic acids is 1. The minimum absolute atomic E-state index is 0.0292. The molecule has 0 aliphatic carbocycles. The second-order valence-electron chi connectivity index (χ2n) is 2.84. The summed E-state index contributed by atoms with van der Waals surface area (Å²) >= 11 is 0. The van der Waals surface area contributed by atoms with Gasteiger partial charge in [-0.1, -0.05) is 6.08 Å². The summed E-state index contributed by atoms with van der Waals surface area (Å²) in [6.45, 7) is 4.47. The van der Waals surface area contributed by atoms with Crippen molar-refractivity contribution >= 4 is 5.94 Å². The molecule has 1 saturated heterocycles. The predicted molar refractivity (Wildman–Crippen MR) is 47.3 cm³/mol. The van der Waals surface area contributed by atoms with Gasteiger partial charge in [-0.3, -0.25) is 4.84 Å². The quantitative estimate of drug-likeness (QED) is 0.497. The Morgan fingerprint density at radius 3 is 3.15 bits per heavy atom. The molecule has 0 bridgehead atoms. The van der Waals surface area contributed by atoms with E-state index in [1.54, 1.807) is 12.0 Å². The largest absolute Gasteiger partial charge is 0.396 e. The van der Waals surface area contributed by atoms with Gasteiger partial charge < -0.3 is 5.11 Å². The lowest BCUT2D eigenvalue weighted by Crippen LogP contribution is -2.20. The maximum atomic E-state index is 10.5. The second-order valence-corrected chi connectivity index (χ2v) is 2.84. The summed E-state index contributed by atoms with van der Waals surface area (Å²) in [6, 6.07) is 0. The van der Waals surface area contributed by atoms with Gasteiger partial charge >= 0.3 is 0 Å². The van der Waals surface area contributed by atoms with Gasteiger partial charge in [-0.15, -0.1) is 6.58 Å². The van der Waals surface area contributed by atoms with Crippen LogP contribution in [0.15, 0.2) is 18.4 Å². The highest BCUT2D eigenvalue weighted by atomic mass is 16.7. The molecule has 1 N–H and O–H groups in total. The number of aliphatic hydroxyl groups is 1. The van der Waals surface area contributed by atoms with Crippen molar-refractivity contribution in [3.05, 3.63) is 18.4 Å². The standard InChI is InChI=1S/C9H13NO3/c1-2-5-13-10-4-3-8(6-11)9(10)7-12/h2,8,11H,1,3-6H2. The van der Waals surface area contributed by atoms with Gasteiger partial charge in [0.25, 0.3) is 0 Å². The van der Waals surface area contributed by atoms with Gasteiger partial charge in [0.2, 0.25) is 0 Å². The number of aliphatic hydroxyl groups excluding tert-OH is 1. The minimum atomic E-state index is -0.123. The van der Waals surface area contributed by atoms with Gasteiger partial charge in [0.05, 0.1) is 13.2 Å². The summed E-state index contributed by atoms with van der Waals surface area (Å²) in [5.74, 6) is 1.67. The molecule has 0 aromatic carbocycles. The molecule has 72 valence electrons. The van der Waals surface area contributed by atoms with E-state index >= 15 is 0 Å². The van der Waals surface area contributed by atoms with E-state index in [2.05, 4.69) is 6.58 Å². The molecule has 1 fully saturated rings. The van der Waals surface area contributed by atoms with Crippen molar-refractivity contribution in [3.8, 4) is 0 Å². The van der Waals surface area contributed by atoms with Crippen LogP contribution in [0.25, 0.3) is 0 Å². The maximum Gasteiger partial charge on any atom is 0.148 e. The van der Waals surface area contributed by atoms with Crippen LogP contribution in [-0.4, -0.2) is 35.9 Å². The van der Waals surface area contributed by atoms with E-state index in [0.29, 0.717) is 18.8 Å². The molecule has 1 rings (SSSR count). The highest BCUT2D eigenvalue weighted by molar-refractivity contribution is 5.53. The summed E-state index contributed by atoms with van der Waals surface area (Å²) in [7, 11) is 0. The third-order valence-corrected chi connectivity index (χ3v) is 2.01. The lowest BCUT2D eigenvalue weighted by Gasteiger charge is -2.16. The second kappa shape index (κ2) is 4.82. The van der Waals surface area contributed by atoms with E-state index in [-0.39, 0.29) is 12.5 Å². The Morgan fingerprint density at radius 1 is 1.85 bits per heavy atom. The Morgan fingerprint density at radius 2 is 2.62 bits per heavy atom. The van der Waals surface area contributed by atoms with Gasteiger partial charge in [-0.2, -0.15) is 0 Å². The fourth-order valence-electron chi connectivity index (χ4n) is 1.32. The molecule has 0 saturated carbocycles. The number of rotatable bonds is 4. The summed E-state index contributed by atoms with van der Waals surface area (Å²) in [5, 5.41) is 10.4. The normalized spacial score (nSPS) is 21.8. The van der Waals surface area contributed by atoms with Crippen molar-refractivity contribution in [1.29, 1.82) is 0 Å². The van der Waals surface area contributed by atoms with Crippen molar-refractivity contribution in [2.45, 2.75) is 6.42 Å². The van der Waals surface area contributed by atoms with E-state index in [4.69, 9.17) is 9.94 Å². The third kappa shape index (κ3) is 2.18. The van der Waals surface area contributed by atoms with Gasteiger partial charge in [0.15, 0.2) is 0 Å². The Kier molecular flexibility index (Phi) is 3.71. The highest BCUT2D eigenvalue weighted by Gasteiger charge is 2.29. The fourth-order valence-corrected chi connectivity index (χ4v) is 1.32. The first kappa shape index (κ1) is 9.99. The first-order chi connectivity index (χ1) is 6.33. The Hall–Kier alpha value is -1.09. The highest BCUT2D eigenvalue weighted by Crippen LogP contribution is 2.25. The topological polar surface area (TPSA) is 49.8 Å². The van der Waals surface area contributed by atoms with E-state index in [1.807, 2.05) is 0 Å². The molecule has 13 heavy (non-hydrogen) atoms. The Balaban J connectivity index is 2.58. The average Bonchev–Trinajstić information content (AvgIpc) is 2.56. The zero-order valence-corrected chi connectivity index (χ0v) is 7.40. The molecule has 4 heteroatoms. The maximum absolute atomic E-state index is 10.5. The van der Waals surface area contributed by atoms with Crippen LogP contribution in [-0.2, 0) is 9.63 Å². The zero-order valence-electron chi connectivity index (χ0n) is 7.40. The van der Waals surface area contributed by atoms with Crippen LogP contribution >= 0.6 is 0 Å². The molecular formula is C9H13NO3. The van der Waals surface area contributed by atoms with Crippen molar-refractivity contribution in [1.82, 2.24) is 5.06 Å². The van der Waals surface area contributed by atoms with E-state index in [9.17, 15) is 4.79 Å². The minimum Gasteiger partial charge on any atom is -0.396 e. The van der Waals surface area contributed by atoms with Crippen LogP contribution in [0.1, 0.15) is 6.42 Å². The van der Waals surface area contributed by atoms with Crippen molar-refractivity contribution in [3.63, 3.8) is 0 Å². The van der Waals surface area contributed by atoms with Crippen molar-refractivity contribution in [2.24, 2.45) is 5.92 Å². The lowest BCUT2D eigenvalue weighted by molar-refractivity contribution is -0.107. The number of nitrogens with zero attached hydrogens (tertiary/aromatic N) is 1. The summed E-state index contributed by atoms with van der Waals surface area (Å²) in [5.41, 5.74) is 0.407. The zero-order chi connectivity index (χ0) is 9.68. The molecule has 1 aliphatic rings. The molecule has 4 nitrogen and oxygen atoms in total. The van der Waals surface area contributed by atoms with Gasteiger partial charge in [0.1, 0.15) is 11.6 Å². The van der Waals surface area contributed by atoms with Gasteiger partial charge in [0, 0.05) is 12.5 Å². The number of hydroxylamine groups is 2. The molecular weight excluding hydrogens is 170 g/mol. The number of hydrogen-bond acceptors (Lipinski definition) is 4. The van der Waals surface area contributed by atoms with Gasteiger partial charge in [-0.05, 0) is 6.42 Å². The van der Waals surface area contributed by atoms with Crippen LogP contribution in [0.5, 0.6) is 0 Å². The Bertz CT molecular complexity index is 233. The molecule has 1 atom stereocenters. The monoisotopic (exact) mass is 183 g/mol. The van der Waals surface area contributed by atoms with Crippen LogP contribution in [0.2, 0.25) is 0 Å². The van der Waals surface area contributed by atoms with Crippen LogP contribution in [0.4, 0.5) is 0 Å². The molecule has 0 spiro atoms. The molecule has 0 aromatic rings. The molecule has 1 heterocycles. The first-order valence-electron chi connectivity index (χ1n) is 4.20. The predicted octanol–water partition coefficient (Wildman–Crippen LogP) is 0.134. The van der Waals surface area contributed by atoms with Gasteiger partial charge in [-0.25, -0.2) is 9.86 Å². The summed E-state index contributed by atoms with van der Waals surface area (Å²) < 4.78 is 0. The molecule has 0 aromatic heterocycles. The smallest absolute Gasteiger partial charge is 0.148 e. The average molecular weight is 183 g/mol. The van der Waals surface area contributed by atoms with Crippen molar-refractivity contribution in [2.75, 3.05) is 19.8 Å². The lowest BCUT2D eigenvalue weighted by atomic mass is 10.1. The summed E-state index contributed by atoms with van der Waals surface area (Å²) in [4.78, 5) is 15.7. The first-order valence-corrected chi connectivity index (χ1v) is 4.20. The Labute approximate surface area is 77.1 Å². The fraction of sp³-hybridized carbons (Fsp3) is 0.556. The van der Waals surface area contributed by atoms with Crippen LogP contribution in [0.3, 0.4) is 0 Å². The molecule has 0 amide bonds. The van der Waals surface area contributed by atoms with Crippen LogP contribution in [0, 0.1) is 5.92 Å². The third-order valence-electron chi connectivity index (χ3n) is 2.01. The van der Waals surface area contributed by atoms with E-state index in [0.717, 1.165) is 6.42 Å². The summed E-state index contributed by atoms with van der Waals surface area (Å²) in [6.07, 6.45) is 2.34. The molecule has 1 unspecified atom stereocenters. The van der Waals surface area contributed by atoms with E-state index in [1.165, 1.54) is 5.06 Å². The molecule has 0 radical (unpaired) electrons. The van der Waals surface area contributed by atoms with Crippen molar-refractivity contribution < 1.29 is 14.7 Å². The van der Waals surface area contributed by atoms with E-state index < -0.39 is 0 Å². The SMILES string of the molecule is C=CCON1CCC(CO)C1=C=O. The van der Waals surface area contributed by atoms with Crippen LogP contribution < -0.4 is 0 Å². The molecule has 1 aliphatic heterocycles. The number of hydrogen-bond donors (Lipinski definition) is 1.